The van der Waals surface area contributed by atoms with Crippen LogP contribution >= 0.6 is 0 Å². The van der Waals surface area contributed by atoms with Crippen LogP contribution in [0.4, 0.5) is 4.39 Å². The molecule has 0 spiro atoms. The fourth-order valence-electron chi connectivity index (χ4n) is 1.54. The predicted molar refractivity (Wildman–Crippen MR) is 64.6 cm³/mol. The molecule has 92 valence electrons. The number of halogens is 1. The maximum absolute atomic E-state index is 14.5. The van der Waals surface area contributed by atoms with Gasteiger partial charge >= 0.3 is 7.12 Å². The van der Waals surface area contributed by atoms with Gasteiger partial charge in [0.1, 0.15) is 5.82 Å². The SMILES string of the molecule is [2H]c1nc(C([2H])([2H])[2H])c(B2OC(C)(C)C(C)(C)O2)c(F)c1[2H]. The van der Waals surface area contributed by atoms with Crippen molar-refractivity contribution in [3.63, 3.8) is 0 Å². The maximum Gasteiger partial charge on any atom is 0.499 e. The quantitative estimate of drug-likeness (QED) is 0.704. The first kappa shape index (κ1) is 7.49. The lowest BCUT2D eigenvalue weighted by molar-refractivity contribution is 0.00578. The van der Waals surface area contributed by atoms with Gasteiger partial charge in [-0.25, -0.2) is 4.39 Å². The second-order valence-electron chi connectivity index (χ2n) is 5.01. The second kappa shape index (κ2) is 3.78. The fraction of sp³-hybridized carbons (Fsp3) is 0.583. The standard InChI is InChI=1S/C12H17BFNO2/c1-8-10(9(14)6-7-15-8)13-16-11(2,3)12(4,5)17-13/h6-7H,1-5H3/i1D3,6D,7D. The van der Waals surface area contributed by atoms with Gasteiger partial charge in [-0.3, -0.25) is 4.98 Å². The number of nitrogens with zero attached hydrogens (tertiary/aromatic N) is 1. The minimum atomic E-state index is -2.75. The number of rotatable bonds is 1. The predicted octanol–water partition coefficient (Wildman–Crippen LogP) is 1.83. The molecule has 0 radical (unpaired) electrons. The van der Waals surface area contributed by atoms with E-state index in [-0.39, 0.29) is 0 Å². The van der Waals surface area contributed by atoms with Crippen LogP contribution in [0.2, 0.25) is 0 Å². The molecule has 1 aliphatic rings. The topological polar surface area (TPSA) is 31.4 Å². The average Bonchev–Trinajstić information content (AvgIpc) is 2.53. The van der Waals surface area contributed by atoms with Crippen molar-refractivity contribution in [2.45, 2.75) is 45.7 Å². The number of aryl methyl sites for hydroxylation is 1. The Morgan fingerprint density at radius 3 is 2.47 bits per heavy atom. The van der Waals surface area contributed by atoms with Crippen molar-refractivity contribution in [1.29, 1.82) is 0 Å². The summed E-state index contributed by atoms with van der Waals surface area (Å²) in [5.41, 5.74) is -2.63. The summed E-state index contributed by atoms with van der Waals surface area (Å²) in [4.78, 5) is 3.56. The first-order chi connectivity index (χ1) is 9.78. The Morgan fingerprint density at radius 2 is 1.94 bits per heavy atom. The van der Waals surface area contributed by atoms with Crippen molar-refractivity contribution in [3.05, 3.63) is 23.7 Å². The third-order valence-corrected chi connectivity index (χ3v) is 3.31. The summed E-state index contributed by atoms with van der Waals surface area (Å²) in [5.74, 6) is -1.15. The van der Waals surface area contributed by atoms with E-state index in [2.05, 4.69) is 4.98 Å². The van der Waals surface area contributed by atoms with E-state index in [1.807, 2.05) is 0 Å². The van der Waals surface area contributed by atoms with Gasteiger partial charge in [0.05, 0.1) is 13.9 Å². The smallest absolute Gasteiger partial charge is 0.399 e. The average molecular weight is 242 g/mol. The molecule has 1 aromatic heterocycles. The summed E-state index contributed by atoms with van der Waals surface area (Å²) in [7, 11) is -1.29. The van der Waals surface area contributed by atoms with Crippen LogP contribution in [-0.2, 0) is 9.31 Å². The lowest BCUT2D eigenvalue weighted by Crippen LogP contribution is -2.41. The highest BCUT2D eigenvalue weighted by molar-refractivity contribution is 6.62. The summed E-state index contributed by atoms with van der Waals surface area (Å²) >= 11 is 0. The van der Waals surface area contributed by atoms with Gasteiger partial charge in [0, 0.05) is 21.4 Å². The van der Waals surface area contributed by atoms with Gasteiger partial charge in [-0.1, -0.05) is 0 Å². The molecule has 0 aliphatic carbocycles. The van der Waals surface area contributed by atoms with Crippen LogP contribution in [0.1, 0.15) is 40.2 Å². The van der Waals surface area contributed by atoms with Gasteiger partial charge in [-0.15, -0.1) is 0 Å². The molecule has 0 unspecified atom stereocenters. The van der Waals surface area contributed by atoms with E-state index in [4.69, 9.17) is 16.2 Å². The molecule has 2 heterocycles. The van der Waals surface area contributed by atoms with Crippen molar-refractivity contribution in [2.75, 3.05) is 0 Å². The number of hydrogen-bond donors (Lipinski definition) is 0. The van der Waals surface area contributed by atoms with Crippen LogP contribution in [0.3, 0.4) is 0 Å². The fourth-order valence-corrected chi connectivity index (χ4v) is 1.54. The van der Waals surface area contributed by atoms with Crippen LogP contribution in [0.15, 0.2) is 12.2 Å². The minimum Gasteiger partial charge on any atom is -0.399 e. The highest BCUT2D eigenvalue weighted by Crippen LogP contribution is 2.36. The third-order valence-electron chi connectivity index (χ3n) is 3.31. The van der Waals surface area contributed by atoms with Gasteiger partial charge in [-0.05, 0) is 40.6 Å². The van der Waals surface area contributed by atoms with Gasteiger partial charge in [0.15, 0.2) is 0 Å². The zero-order chi connectivity index (χ0) is 17.1. The minimum absolute atomic E-state index is 0.431. The lowest BCUT2D eigenvalue weighted by Gasteiger charge is -2.32. The van der Waals surface area contributed by atoms with E-state index in [1.54, 1.807) is 27.7 Å². The van der Waals surface area contributed by atoms with Gasteiger partial charge < -0.3 is 9.31 Å². The summed E-state index contributed by atoms with van der Waals surface area (Å²) < 4.78 is 63.2. The Hall–Kier alpha value is -0.935. The van der Waals surface area contributed by atoms with E-state index < -0.39 is 54.4 Å². The normalized spacial score (nSPS) is 26.9. The van der Waals surface area contributed by atoms with E-state index in [1.165, 1.54) is 0 Å². The Balaban J connectivity index is 2.64. The lowest BCUT2D eigenvalue weighted by atomic mass is 9.77. The molecular formula is C12H17BFNO2. The van der Waals surface area contributed by atoms with Crippen LogP contribution in [0.5, 0.6) is 0 Å². The molecular weight excluding hydrogens is 220 g/mol. The highest BCUT2D eigenvalue weighted by Gasteiger charge is 2.52. The Bertz CT molecular complexity index is 605. The van der Waals surface area contributed by atoms with Crippen molar-refractivity contribution in [3.8, 4) is 0 Å². The molecule has 0 bridgehead atoms. The van der Waals surface area contributed by atoms with Crippen LogP contribution in [0.25, 0.3) is 0 Å². The Kier molecular flexibility index (Phi) is 1.67. The molecule has 1 fully saturated rings. The Labute approximate surface area is 109 Å². The summed E-state index contributed by atoms with van der Waals surface area (Å²) in [6.07, 6.45) is -0.733. The molecule has 1 aliphatic heterocycles. The zero-order valence-electron chi connectivity index (χ0n) is 15.2. The molecule has 1 saturated heterocycles. The van der Waals surface area contributed by atoms with Crippen molar-refractivity contribution < 1.29 is 20.6 Å². The van der Waals surface area contributed by atoms with Gasteiger partial charge in [-0.2, -0.15) is 0 Å². The molecule has 17 heavy (non-hydrogen) atoms. The first-order valence-electron chi connectivity index (χ1n) is 7.80. The molecule has 5 heteroatoms. The number of hydrogen-bond acceptors (Lipinski definition) is 3. The third kappa shape index (κ3) is 1.98. The number of aromatic nitrogens is 1. The molecule has 0 saturated carbocycles. The second-order valence-corrected chi connectivity index (χ2v) is 5.01. The zero-order valence-corrected chi connectivity index (χ0v) is 10.2. The van der Waals surface area contributed by atoms with E-state index in [0.717, 1.165) is 0 Å². The largest absolute Gasteiger partial charge is 0.499 e. The molecule has 0 aromatic carbocycles. The molecule has 0 atom stereocenters. The van der Waals surface area contributed by atoms with Crippen LogP contribution in [-0.4, -0.2) is 23.3 Å². The first-order valence-corrected chi connectivity index (χ1v) is 5.30. The Morgan fingerprint density at radius 1 is 1.35 bits per heavy atom. The monoisotopic (exact) mass is 242 g/mol. The van der Waals surface area contributed by atoms with Crippen molar-refractivity contribution in [2.24, 2.45) is 0 Å². The van der Waals surface area contributed by atoms with E-state index >= 15 is 0 Å². The van der Waals surface area contributed by atoms with E-state index in [0.29, 0.717) is 0 Å². The summed E-state index contributed by atoms with van der Waals surface area (Å²) in [6, 6.07) is -0.780. The molecule has 3 nitrogen and oxygen atoms in total. The molecule has 2 rings (SSSR count). The highest BCUT2D eigenvalue weighted by atomic mass is 19.1. The molecule has 0 amide bonds. The van der Waals surface area contributed by atoms with Gasteiger partial charge in [0.25, 0.3) is 0 Å². The van der Waals surface area contributed by atoms with Crippen LogP contribution < -0.4 is 5.46 Å². The number of pyridine rings is 1. The van der Waals surface area contributed by atoms with Crippen LogP contribution in [0, 0.1) is 12.7 Å². The van der Waals surface area contributed by atoms with Crippen molar-refractivity contribution >= 4 is 12.6 Å². The molecule has 1 aromatic rings. The van der Waals surface area contributed by atoms with E-state index in [9.17, 15) is 4.39 Å². The molecule has 0 N–H and O–H groups in total. The van der Waals surface area contributed by atoms with Gasteiger partial charge in [0.2, 0.25) is 0 Å². The summed E-state index contributed by atoms with van der Waals surface area (Å²) in [5, 5.41) is 0. The van der Waals surface area contributed by atoms with Crippen molar-refractivity contribution in [1.82, 2.24) is 4.98 Å². The summed E-state index contributed by atoms with van der Waals surface area (Å²) in [6.45, 7) is 4.23. The maximum atomic E-state index is 14.5.